The first kappa shape index (κ1) is 22.8. The third-order valence-corrected chi connectivity index (χ3v) is 5.24. The lowest BCUT2D eigenvalue weighted by molar-refractivity contribution is 0.0697. The average molecular weight is 432 g/mol. The van der Waals surface area contributed by atoms with Gasteiger partial charge in [0.25, 0.3) is 0 Å². The number of carboxylic acid groups (broad SMARTS) is 1. The van der Waals surface area contributed by atoms with E-state index in [-0.39, 0.29) is 12.2 Å². The van der Waals surface area contributed by atoms with Crippen LogP contribution in [0.1, 0.15) is 21.5 Å². The van der Waals surface area contributed by atoms with Crippen molar-refractivity contribution >= 4 is 28.6 Å². The number of nitrogens with one attached hydrogen (secondary N) is 1. The summed E-state index contributed by atoms with van der Waals surface area (Å²) in [5.41, 5.74) is 2.28. The highest BCUT2D eigenvalue weighted by Gasteiger charge is 2.05. The van der Waals surface area contributed by atoms with Gasteiger partial charge in [-0.1, -0.05) is 54.1 Å². The van der Waals surface area contributed by atoms with Crippen LogP contribution in [0.4, 0.5) is 0 Å². The molecule has 0 aliphatic carbocycles. The maximum Gasteiger partial charge on any atom is 0.335 e. The van der Waals surface area contributed by atoms with Crippen LogP contribution in [0.3, 0.4) is 0 Å². The van der Waals surface area contributed by atoms with Crippen LogP contribution in [0.15, 0.2) is 83.8 Å². The summed E-state index contributed by atoms with van der Waals surface area (Å²) in [5, 5.41) is 17.9. The molecule has 1 unspecified atom stereocenters. The summed E-state index contributed by atoms with van der Waals surface area (Å²) in [5.74, 6) is -0.964. The van der Waals surface area contributed by atoms with Gasteiger partial charge in [-0.15, -0.1) is 0 Å². The van der Waals surface area contributed by atoms with Crippen LogP contribution in [0, 0.1) is 0 Å². The van der Waals surface area contributed by atoms with E-state index in [0.717, 1.165) is 12.0 Å². The van der Waals surface area contributed by atoms with Gasteiger partial charge in [-0.25, -0.2) is 13.7 Å². The third kappa shape index (κ3) is 8.17. The fourth-order valence-electron chi connectivity index (χ4n) is 2.33. The van der Waals surface area contributed by atoms with Gasteiger partial charge in [0.15, 0.2) is 0 Å². The highest BCUT2D eigenvalue weighted by molar-refractivity contribution is 7.83. The molecule has 1 atom stereocenters. The quantitative estimate of drug-likeness (QED) is 0.526. The van der Waals surface area contributed by atoms with E-state index in [9.17, 15) is 9.00 Å². The predicted molar refractivity (Wildman–Crippen MR) is 115 cm³/mol. The molecule has 0 saturated carbocycles. The van der Waals surface area contributed by atoms with Gasteiger partial charge < -0.3 is 10.2 Å². The molecule has 0 bridgehead atoms. The number of hydrogen-bond donors (Lipinski definition) is 3. The maximum absolute atomic E-state index is 12.0. The predicted octanol–water partition coefficient (Wildman–Crippen LogP) is 4.07. The van der Waals surface area contributed by atoms with Crippen LogP contribution in [-0.2, 0) is 24.0 Å². The zero-order chi connectivity index (χ0) is 21.1. The van der Waals surface area contributed by atoms with Crippen molar-refractivity contribution in [3.05, 3.63) is 101 Å². The Morgan fingerprint density at radius 1 is 0.897 bits per heavy atom. The summed E-state index contributed by atoms with van der Waals surface area (Å²) in [7, 11) is -1.33. The standard InChI is InChI=1S/C14H12ClNO3S.C8H10O/c15-12-5-7-13(8-6-12)20(19)16-9-10-1-3-11(4-2-10)14(17)18;9-7-6-8-4-2-1-3-5-8/h1-8,16H,9H2,(H,17,18);1-5,9H,6-7H2. The van der Waals surface area contributed by atoms with E-state index in [1.165, 1.54) is 17.7 Å². The maximum atomic E-state index is 12.0. The Kier molecular flexibility index (Phi) is 9.53. The summed E-state index contributed by atoms with van der Waals surface area (Å²) in [6.07, 6.45) is 0.765. The number of benzene rings is 3. The van der Waals surface area contributed by atoms with Crippen molar-refractivity contribution in [2.75, 3.05) is 6.61 Å². The largest absolute Gasteiger partial charge is 0.478 e. The number of carboxylic acids is 1. The molecular formula is C22H22ClNO4S. The highest BCUT2D eigenvalue weighted by Crippen LogP contribution is 2.12. The van der Waals surface area contributed by atoms with Crippen LogP contribution in [0.25, 0.3) is 0 Å². The molecule has 0 fully saturated rings. The van der Waals surface area contributed by atoms with Gasteiger partial charge in [0.2, 0.25) is 0 Å². The van der Waals surface area contributed by atoms with Gasteiger partial charge in [-0.2, -0.15) is 0 Å². The topological polar surface area (TPSA) is 86.6 Å². The molecule has 0 radical (unpaired) electrons. The zero-order valence-corrected chi connectivity index (χ0v) is 17.2. The molecule has 0 heterocycles. The molecule has 0 aliphatic rings. The molecule has 0 aromatic heterocycles. The minimum absolute atomic E-state index is 0.229. The van der Waals surface area contributed by atoms with E-state index in [1.54, 1.807) is 36.4 Å². The summed E-state index contributed by atoms with van der Waals surface area (Å²) in [6.45, 7) is 0.624. The van der Waals surface area contributed by atoms with E-state index >= 15 is 0 Å². The van der Waals surface area contributed by atoms with E-state index in [2.05, 4.69) is 4.72 Å². The Balaban J connectivity index is 0.000000278. The van der Waals surface area contributed by atoms with E-state index in [0.29, 0.717) is 16.5 Å². The van der Waals surface area contributed by atoms with Crippen LogP contribution in [-0.4, -0.2) is 27.0 Å². The molecule has 3 rings (SSSR count). The normalized spacial score (nSPS) is 11.2. The summed E-state index contributed by atoms with van der Waals surface area (Å²) < 4.78 is 14.8. The molecule has 29 heavy (non-hydrogen) atoms. The van der Waals surface area contributed by atoms with Crippen LogP contribution in [0.2, 0.25) is 5.02 Å². The Labute approximate surface area is 177 Å². The van der Waals surface area contributed by atoms with Crippen molar-refractivity contribution in [1.29, 1.82) is 0 Å². The lowest BCUT2D eigenvalue weighted by atomic mass is 10.1. The van der Waals surface area contributed by atoms with Gasteiger partial charge in [0, 0.05) is 18.2 Å². The number of halogens is 1. The van der Waals surface area contributed by atoms with Gasteiger partial charge in [-0.05, 0) is 53.9 Å². The fraction of sp³-hybridized carbons (Fsp3) is 0.136. The van der Waals surface area contributed by atoms with Crippen molar-refractivity contribution in [2.24, 2.45) is 0 Å². The first-order chi connectivity index (χ1) is 14.0. The number of aliphatic hydroxyl groups excluding tert-OH is 1. The molecule has 152 valence electrons. The highest BCUT2D eigenvalue weighted by atomic mass is 35.5. The Morgan fingerprint density at radius 3 is 2.07 bits per heavy atom. The second-order valence-electron chi connectivity index (χ2n) is 6.01. The second kappa shape index (κ2) is 12.1. The molecule has 0 saturated heterocycles. The second-order valence-corrected chi connectivity index (χ2v) is 7.74. The van der Waals surface area contributed by atoms with Crippen LogP contribution >= 0.6 is 11.6 Å². The molecule has 0 spiro atoms. The lowest BCUT2D eigenvalue weighted by Crippen LogP contribution is -2.16. The van der Waals surface area contributed by atoms with Gasteiger partial charge >= 0.3 is 5.97 Å². The number of carbonyl (C=O) groups is 1. The summed E-state index contributed by atoms with van der Waals surface area (Å²) in [6, 6.07) is 23.1. The first-order valence-corrected chi connectivity index (χ1v) is 10.4. The monoisotopic (exact) mass is 431 g/mol. The minimum Gasteiger partial charge on any atom is -0.478 e. The first-order valence-electron chi connectivity index (χ1n) is 8.87. The fourth-order valence-corrected chi connectivity index (χ4v) is 3.30. The van der Waals surface area contributed by atoms with Crippen molar-refractivity contribution in [3.63, 3.8) is 0 Å². The summed E-state index contributed by atoms with van der Waals surface area (Å²) in [4.78, 5) is 11.4. The summed E-state index contributed by atoms with van der Waals surface area (Å²) >= 11 is 5.76. The molecule has 3 N–H and O–H groups in total. The number of aliphatic hydroxyl groups is 1. The number of rotatable bonds is 7. The van der Waals surface area contributed by atoms with Gasteiger partial charge in [-0.3, -0.25) is 0 Å². The minimum atomic E-state index is -1.33. The molecule has 0 amide bonds. The SMILES string of the molecule is O=C(O)c1ccc(CNS(=O)c2ccc(Cl)cc2)cc1.OCCc1ccccc1. The molecular weight excluding hydrogens is 410 g/mol. The smallest absolute Gasteiger partial charge is 0.335 e. The van der Waals surface area contributed by atoms with Crippen LogP contribution < -0.4 is 4.72 Å². The van der Waals surface area contributed by atoms with Crippen molar-refractivity contribution in [2.45, 2.75) is 17.9 Å². The molecule has 0 aliphatic heterocycles. The van der Waals surface area contributed by atoms with Crippen molar-refractivity contribution in [3.8, 4) is 0 Å². The van der Waals surface area contributed by atoms with Gasteiger partial charge in [0.05, 0.1) is 10.5 Å². The molecule has 7 heteroatoms. The average Bonchev–Trinajstić information content (AvgIpc) is 2.74. The zero-order valence-electron chi connectivity index (χ0n) is 15.6. The van der Waals surface area contributed by atoms with E-state index in [1.807, 2.05) is 30.3 Å². The molecule has 3 aromatic rings. The van der Waals surface area contributed by atoms with Gasteiger partial charge in [0.1, 0.15) is 11.0 Å². The number of aromatic carboxylic acids is 1. The van der Waals surface area contributed by atoms with E-state index < -0.39 is 17.0 Å². The Hall–Kier alpha value is -2.51. The van der Waals surface area contributed by atoms with Crippen molar-refractivity contribution in [1.82, 2.24) is 4.72 Å². The van der Waals surface area contributed by atoms with Crippen LogP contribution in [0.5, 0.6) is 0 Å². The Bertz CT molecular complexity index is 916. The third-order valence-electron chi connectivity index (χ3n) is 3.88. The van der Waals surface area contributed by atoms with E-state index in [4.69, 9.17) is 21.8 Å². The lowest BCUT2D eigenvalue weighted by Gasteiger charge is -2.05. The van der Waals surface area contributed by atoms with Crippen molar-refractivity contribution < 1.29 is 19.2 Å². The molecule has 3 aromatic carbocycles. The Morgan fingerprint density at radius 2 is 1.52 bits per heavy atom. The number of hydrogen-bond acceptors (Lipinski definition) is 3. The molecule has 5 nitrogen and oxygen atoms in total.